The number of carbonyl (C=O) groups is 2. The molecule has 0 fully saturated rings. The van der Waals surface area contributed by atoms with Gasteiger partial charge in [-0.3, -0.25) is 14.6 Å². The summed E-state index contributed by atoms with van der Waals surface area (Å²) in [4.78, 5) is 28.7. The van der Waals surface area contributed by atoms with Crippen molar-refractivity contribution in [1.82, 2.24) is 10.3 Å². The Morgan fingerprint density at radius 1 is 1.04 bits per heavy atom. The predicted octanol–water partition coefficient (Wildman–Crippen LogP) is 3.41. The van der Waals surface area contributed by atoms with Crippen LogP contribution in [0.5, 0.6) is 5.75 Å². The van der Waals surface area contributed by atoms with Gasteiger partial charge in [-0.15, -0.1) is 0 Å². The van der Waals surface area contributed by atoms with Gasteiger partial charge >= 0.3 is 0 Å². The molecule has 2 N–H and O–H groups in total. The summed E-state index contributed by atoms with van der Waals surface area (Å²) in [5.41, 5.74) is 1.57. The second-order valence-corrected chi connectivity index (χ2v) is 5.92. The minimum absolute atomic E-state index is 0.0568. The topological polar surface area (TPSA) is 80.3 Å². The SMILES string of the molecule is COc1ccc(CNC(=O)c2ccnc(C(=O)Nc3cccc(F)c3)c2)cc1. The molecule has 0 aliphatic carbocycles. The minimum atomic E-state index is -0.532. The number of hydrogen-bond acceptors (Lipinski definition) is 4. The van der Waals surface area contributed by atoms with Crippen molar-refractivity contribution in [1.29, 1.82) is 0 Å². The molecule has 1 heterocycles. The lowest BCUT2D eigenvalue weighted by molar-refractivity contribution is 0.0951. The Kier molecular flexibility index (Phi) is 5.96. The molecule has 7 heteroatoms. The Balaban J connectivity index is 1.64. The highest BCUT2D eigenvalue weighted by atomic mass is 19.1. The van der Waals surface area contributed by atoms with Gasteiger partial charge < -0.3 is 15.4 Å². The first kappa shape index (κ1) is 19.0. The number of anilines is 1. The molecule has 1 aromatic heterocycles. The first-order valence-electron chi connectivity index (χ1n) is 8.49. The Hall–Kier alpha value is -3.74. The maximum absolute atomic E-state index is 13.2. The fourth-order valence-corrected chi connectivity index (χ4v) is 2.49. The summed E-state index contributed by atoms with van der Waals surface area (Å²) in [5.74, 6) is -0.594. The van der Waals surface area contributed by atoms with Crippen LogP contribution in [0.25, 0.3) is 0 Å². The van der Waals surface area contributed by atoms with Crippen molar-refractivity contribution in [3.8, 4) is 5.75 Å². The van der Waals surface area contributed by atoms with E-state index in [2.05, 4.69) is 15.6 Å². The van der Waals surface area contributed by atoms with Crippen LogP contribution in [-0.2, 0) is 6.54 Å². The lowest BCUT2D eigenvalue weighted by atomic mass is 10.2. The van der Waals surface area contributed by atoms with Gasteiger partial charge in [0.2, 0.25) is 0 Å². The zero-order valence-corrected chi connectivity index (χ0v) is 15.1. The number of ether oxygens (including phenoxy) is 1. The summed E-state index contributed by atoms with van der Waals surface area (Å²) >= 11 is 0. The molecule has 2 aromatic carbocycles. The third-order valence-electron chi connectivity index (χ3n) is 3.95. The van der Waals surface area contributed by atoms with E-state index in [0.717, 1.165) is 11.3 Å². The first-order chi connectivity index (χ1) is 13.5. The number of hydrogen-bond donors (Lipinski definition) is 2. The molecule has 0 saturated carbocycles. The summed E-state index contributed by atoms with van der Waals surface area (Å²) in [6.45, 7) is 0.329. The number of carbonyl (C=O) groups excluding carboxylic acids is 2. The van der Waals surface area contributed by atoms with Crippen molar-refractivity contribution in [2.45, 2.75) is 6.54 Å². The van der Waals surface area contributed by atoms with Gasteiger partial charge in [-0.25, -0.2) is 4.39 Å². The number of aromatic nitrogens is 1. The van der Waals surface area contributed by atoms with Crippen molar-refractivity contribution in [3.05, 3.63) is 89.5 Å². The highest BCUT2D eigenvalue weighted by molar-refractivity contribution is 6.04. The molecule has 28 heavy (non-hydrogen) atoms. The molecule has 0 saturated heterocycles. The van der Waals surface area contributed by atoms with Crippen molar-refractivity contribution in [2.24, 2.45) is 0 Å². The lowest BCUT2D eigenvalue weighted by Gasteiger charge is -2.08. The maximum atomic E-state index is 13.2. The molecule has 2 amide bonds. The quantitative estimate of drug-likeness (QED) is 0.688. The normalized spacial score (nSPS) is 10.2. The van der Waals surface area contributed by atoms with Crippen molar-refractivity contribution in [3.63, 3.8) is 0 Å². The Morgan fingerprint density at radius 2 is 1.82 bits per heavy atom. The van der Waals surface area contributed by atoms with Crippen LogP contribution in [0.2, 0.25) is 0 Å². The number of rotatable bonds is 6. The second kappa shape index (κ2) is 8.77. The Labute approximate surface area is 161 Å². The van der Waals surface area contributed by atoms with Crippen molar-refractivity contribution in [2.75, 3.05) is 12.4 Å². The van der Waals surface area contributed by atoms with Gasteiger partial charge in [0.05, 0.1) is 7.11 Å². The van der Waals surface area contributed by atoms with E-state index in [1.165, 1.54) is 36.5 Å². The fourth-order valence-electron chi connectivity index (χ4n) is 2.49. The van der Waals surface area contributed by atoms with Gasteiger partial charge in [-0.05, 0) is 48.0 Å². The largest absolute Gasteiger partial charge is 0.497 e. The molecule has 142 valence electrons. The van der Waals surface area contributed by atoms with Crippen LogP contribution in [0.4, 0.5) is 10.1 Å². The number of nitrogens with one attached hydrogen (secondary N) is 2. The van der Waals surface area contributed by atoms with Crippen LogP contribution in [0.1, 0.15) is 26.4 Å². The summed E-state index contributed by atoms with van der Waals surface area (Å²) in [7, 11) is 1.59. The minimum Gasteiger partial charge on any atom is -0.497 e. The van der Waals surface area contributed by atoms with Crippen molar-refractivity contribution >= 4 is 17.5 Å². The highest BCUT2D eigenvalue weighted by Crippen LogP contribution is 2.13. The van der Waals surface area contributed by atoms with Gasteiger partial charge in [0.25, 0.3) is 11.8 Å². The summed E-state index contributed by atoms with van der Waals surface area (Å²) in [5, 5.41) is 5.34. The third kappa shape index (κ3) is 4.91. The highest BCUT2D eigenvalue weighted by Gasteiger charge is 2.12. The third-order valence-corrected chi connectivity index (χ3v) is 3.95. The van der Waals surface area contributed by atoms with E-state index in [4.69, 9.17) is 4.74 Å². The van der Waals surface area contributed by atoms with Crippen molar-refractivity contribution < 1.29 is 18.7 Å². The average Bonchev–Trinajstić information content (AvgIpc) is 2.72. The van der Waals surface area contributed by atoms with E-state index in [9.17, 15) is 14.0 Å². The Morgan fingerprint density at radius 3 is 2.54 bits per heavy atom. The molecule has 0 spiro atoms. The summed E-state index contributed by atoms with van der Waals surface area (Å²) in [6.07, 6.45) is 1.38. The molecule has 3 aromatic rings. The molecular weight excluding hydrogens is 361 g/mol. The van der Waals surface area contributed by atoms with Gasteiger partial charge in [-0.2, -0.15) is 0 Å². The van der Waals surface area contributed by atoms with Crippen LogP contribution < -0.4 is 15.4 Å². The molecule has 0 atom stereocenters. The first-order valence-corrected chi connectivity index (χ1v) is 8.49. The van der Waals surface area contributed by atoms with Crippen LogP contribution in [0, 0.1) is 5.82 Å². The van der Waals surface area contributed by atoms with Crippen LogP contribution >= 0.6 is 0 Å². The zero-order chi connectivity index (χ0) is 19.9. The standard InChI is InChI=1S/C21H18FN3O3/c1-28-18-7-5-14(6-8-18)13-24-20(26)15-9-10-23-19(11-15)21(27)25-17-4-2-3-16(22)12-17/h2-12H,13H2,1H3,(H,24,26)(H,25,27). The number of methoxy groups -OCH3 is 1. The van der Waals surface area contributed by atoms with Gasteiger partial charge in [-0.1, -0.05) is 18.2 Å². The van der Waals surface area contributed by atoms with E-state index < -0.39 is 11.7 Å². The van der Waals surface area contributed by atoms with Crippen LogP contribution in [-0.4, -0.2) is 23.9 Å². The molecule has 6 nitrogen and oxygen atoms in total. The molecule has 0 aliphatic rings. The number of pyridine rings is 1. The van der Waals surface area contributed by atoms with E-state index >= 15 is 0 Å². The summed E-state index contributed by atoms with van der Waals surface area (Å²) in [6, 6.07) is 15.7. The van der Waals surface area contributed by atoms with E-state index in [0.29, 0.717) is 17.8 Å². The molecule has 3 rings (SSSR count). The molecule has 0 unspecified atom stereocenters. The van der Waals surface area contributed by atoms with Gasteiger partial charge in [0.15, 0.2) is 0 Å². The van der Waals surface area contributed by atoms with E-state index in [1.54, 1.807) is 13.2 Å². The average molecular weight is 379 g/mol. The Bertz CT molecular complexity index is 990. The lowest BCUT2D eigenvalue weighted by Crippen LogP contribution is -2.23. The van der Waals surface area contributed by atoms with E-state index in [1.807, 2.05) is 24.3 Å². The van der Waals surface area contributed by atoms with E-state index in [-0.39, 0.29) is 11.6 Å². The van der Waals surface area contributed by atoms with Gasteiger partial charge in [0.1, 0.15) is 17.3 Å². The number of amides is 2. The molecule has 0 radical (unpaired) electrons. The number of halogens is 1. The van der Waals surface area contributed by atoms with Gasteiger partial charge in [0, 0.05) is 24.0 Å². The summed E-state index contributed by atoms with van der Waals surface area (Å²) < 4.78 is 18.3. The predicted molar refractivity (Wildman–Crippen MR) is 103 cm³/mol. The monoisotopic (exact) mass is 379 g/mol. The number of nitrogens with zero attached hydrogens (tertiary/aromatic N) is 1. The van der Waals surface area contributed by atoms with Crippen LogP contribution in [0.15, 0.2) is 66.9 Å². The smallest absolute Gasteiger partial charge is 0.274 e. The second-order valence-electron chi connectivity index (χ2n) is 5.92. The zero-order valence-electron chi connectivity index (χ0n) is 15.1. The maximum Gasteiger partial charge on any atom is 0.274 e. The number of benzene rings is 2. The van der Waals surface area contributed by atoms with Crippen LogP contribution in [0.3, 0.4) is 0 Å². The molecule has 0 bridgehead atoms. The fraction of sp³-hybridized carbons (Fsp3) is 0.0952. The molecule has 0 aliphatic heterocycles. The molecular formula is C21H18FN3O3.